The fraction of sp³-hybridized carbons (Fsp3) is 0.286. The first-order valence-corrected chi connectivity index (χ1v) is 10.0. The maximum absolute atomic E-state index is 13.1. The Kier molecular flexibility index (Phi) is 6.36. The zero-order valence-electron chi connectivity index (χ0n) is 16.0. The molecule has 2 aromatic rings. The smallest absolute Gasteiger partial charge is 0.308 e. The molecule has 0 aromatic heterocycles. The highest BCUT2D eigenvalue weighted by Gasteiger charge is 2.33. The van der Waals surface area contributed by atoms with Gasteiger partial charge in [-0.15, -0.1) is 0 Å². The summed E-state index contributed by atoms with van der Waals surface area (Å²) in [7, 11) is 0. The summed E-state index contributed by atoms with van der Waals surface area (Å²) < 4.78 is 10.7. The van der Waals surface area contributed by atoms with E-state index < -0.39 is 5.97 Å². The molecule has 6 nitrogen and oxygen atoms in total. The summed E-state index contributed by atoms with van der Waals surface area (Å²) in [5, 5.41) is 0.647. The molecular weight excluding hydrogens is 376 g/mol. The number of rotatable bonds is 5. The van der Waals surface area contributed by atoms with Crippen LogP contribution >= 0.6 is 11.8 Å². The molecule has 1 saturated heterocycles. The average Bonchev–Trinajstić information content (AvgIpc) is 3.03. The van der Waals surface area contributed by atoms with Gasteiger partial charge in [0.1, 0.15) is 17.2 Å². The molecule has 1 aliphatic rings. The van der Waals surface area contributed by atoms with Gasteiger partial charge in [0.15, 0.2) is 5.17 Å². The minimum absolute atomic E-state index is 0.0173. The molecular formula is C21H22N2O4S. The highest BCUT2D eigenvalue weighted by molar-refractivity contribution is 8.14. The van der Waals surface area contributed by atoms with Gasteiger partial charge in [-0.3, -0.25) is 14.5 Å². The van der Waals surface area contributed by atoms with Crippen LogP contribution < -0.4 is 9.47 Å². The molecule has 1 unspecified atom stereocenters. The Hall–Kier alpha value is -2.80. The van der Waals surface area contributed by atoms with E-state index in [2.05, 4.69) is 0 Å². The van der Waals surface area contributed by atoms with E-state index in [4.69, 9.17) is 14.5 Å². The molecule has 0 aliphatic carbocycles. The second-order valence-electron chi connectivity index (χ2n) is 6.25. The first-order chi connectivity index (χ1) is 13.5. The monoisotopic (exact) mass is 398 g/mol. The molecule has 0 bridgehead atoms. The fourth-order valence-corrected chi connectivity index (χ4v) is 3.91. The molecule has 1 fully saturated rings. The molecule has 1 heterocycles. The maximum atomic E-state index is 13.1. The first kappa shape index (κ1) is 19.9. The van der Waals surface area contributed by atoms with Crippen LogP contribution in [0.3, 0.4) is 0 Å². The van der Waals surface area contributed by atoms with E-state index >= 15 is 0 Å². The standard InChI is InChI=1S/C21H22N2O4S/c1-4-26-19-8-6-5-7-18(19)22-21-23(14(2)13-28-21)20(25)16-9-11-17(12-10-16)27-15(3)24/h5-12,14H,4,13H2,1-3H3. The number of thioether (sulfide) groups is 1. The Bertz CT molecular complexity index is 896. The van der Waals surface area contributed by atoms with E-state index in [0.29, 0.717) is 34.5 Å². The lowest BCUT2D eigenvalue weighted by Gasteiger charge is -2.21. The van der Waals surface area contributed by atoms with E-state index in [1.54, 1.807) is 40.9 Å². The van der Waals surface area contributed by atoms with Gasteiger partial charge in [-0.1, -0.05) is 23.9 Å². The van der Waals surface area contributed by atoms with Crippen LogP contribution in [0, 0.1) is 0 Å². The molecule has 28 heavy (non-hydrogen) atoms. The minimum Gasteiger partial charge on any atom is -0.492 e. The summed E-state index contributed by atoms with van der Waals surface area (Å²) in [4.78, 5) is 30.5. The molecule has 2 aromatic carbocycles. The number of nitrogens with zero attached hydrogens (tertiary/aromatic N) is 2. The number of benzene rings is 2. The molecule has 0 radical (unpaired) electrons. The zero-order chi connectivity index (χ0) is 20.1. The number of carbonyl (C=O) groups is 2. The third-order valence-corrected chi connectivity index (χ3v) is 5.26. The van der Waals surface area contributed by atoms with Crippen molar-refractivity contribution < 1.29 is 19.1 Å². The first-order valence-electron chi connectivity index (χ1n) is 9.05. The largest absolute Gasteiger partial charge is 0.492 e. The number of amidine groups is 1. The van der Waals surface area contributed by atoms with Crippen molar-refractivity contribution in [2.75, 3.05) is 12.4 Å². The van der Waals surface area contributed by atoms with Gasteiger partial charge in [0.25, 0.3) is 5.91 Å². The second kappa shape index (κ2) is 8.93. The van der Waals surface area contributed by atoms with E-state index in [1.165, 1.54) is 6.92 Å². The van der Waals surface area contributed by atoms with Gasteiger partial charge in [0.2, 0.25) is 0 Å². The number of para-hydroxylation sites is 2. The van der Waals surface area contributed by atoms with Crippen LogP contribution in [0.1, 0.15) is 31.1 Å². The van der Waals surface area contributed by atoms with Crippen molar-refractivity contribution in [2.45, 2.75) is 26.8 Å². The van der Waals surface area contributed by atoms with Crippen LogP contribution in [0.2, 0.25) is 0 Å². The SMILES string of the molecule is CCOc1ccccc1N=C1SCC(C)N1C(=O)c1ccc(OC(C)=O)cc1. The van der Waals surface area contributed by atoms with E-state index in [-0.39, 0.29) is 11.9 Å². The lowest BCUT2D eigenvalue weighted by Crippen LogP contribution is -2.37. The van der Waals surface area contributed by atoms with Gasteiger partial charge in [-0.05, 0) is 50.2 Å². The highest BCUT2D eigenvalue weighted by atomic mass is 32.2. The van der Waals surface area contributed by atoms with Gasteiger partial charge in [0.05, 0.1) is 6.61 Å². The van der Waals surface area contributed by atoms with Crippen molar-refractivity contribution in [3.05, 3.63) is 54.1 Å². The molecule has 0 saturated carbocycles. The number of ether oxygens (including phenoxy) is 2. The number of hydrogen-bond acceptors (Lipinski definition) is 6. The van der Waals surface area contributed by atoms with Gasteiger partial charge in [-0.2, -0.15) is 0 Å². The summed E-state index contributed by atoms with van der Waals surface area (Å²) >= 11 is 1.54. The van der Waals surface area contributed by atoms with Crippen molar-refractivity contribution in [1.29, 1.82) is 0 Å². The van der Waals surface area contributed by atoms with Crippen molar-refractivity contribution in [1.82, 2.24) is 4.90 Å². The van der Waals surface area contributed by atoms with Crippen LogP contribution in [-0.4, -0.2) is 40.3 Å². The third kappa shape index (κ3) is 4.54. The summed E-state index contributed by atoms with van der Waals surface area (Å²) in [5.74, 6) is 1.33. The second-order valence-corrected chi connectivity index (χ2v) is 7.24. The Labute approximate surface area is 168 Å². The van der Waals surface area contributed by atoms with E-state index in [0.717, 1.165) is 5.75 Å². The molecule has 146 valence electrons. The number of hydrogen-bond donors (Lipinski definition) is 0. The van der Waals surface area contributed by atoms with Gasteiger partial charge >= 0.3 is 5.97 Å². The fourth-order valence-electron chi connectivity index (χ4n) is 2.80. The van der Waals surface area contributed by atoms with Crippen LogP contribution in [0.4, 0.5) is 5.69 Å². The van der Waals surface area contributed by atoms with Crippen LogP contribution in [0.5, 0.6) is 11.5 Å². The Morgan fingerprint density at radius 3 is 2.57 bits per heavy atom. The lowest BCUT2D eigenvalue weighted by molar-refractivity contribution is -0.131. The predicted octanol–water partition coefficient (Wildman–Crippen LogP) is 4.28. The van der Waals surface area contributed by atoms with Gasteiger partial charge < -0.3 is 9.47 Å². The molecule has 0 spiro atoms. The topological polar surface area (TPSA) is 68.2 Å². The molecule has 3 rings (SSSR count). The maximum Gasteiger partial charge on any atom is 0.308 e. The van der Waals surface area contributed by atoms with Gasteiger partial charge in [0, 0.05) is 24.3 Å². The van der Waals surface area contributed by atoms with Crippen molar-refractivity contribution in [3.8, 4) is 11.5 Å². The quantitative estimate of drug-likeness (QED) is 0.556. The van der Waals surface area contributed by atoms with Crippen LogP contribution in [0.15, 0.2) is 53.5 Å². The van der Waals surface area contributed by atoms with Crippen LogP contribution in [-0.2, 0) is 4.79 Å². The Morgan fingerprint density at radius 2 is 1.89 bits per heavy atom. The minimum atomic E-state index is -0.397. The number of carbonyl (C=O) groups excluding carboxylic acids is 2. The summed E-state index contributed by atoms with van der Waals surface area (Å²) in [6.07, 6.45) is 0. The Morgan fingerprint density at radius 1 is 1.18 bits per heavy atom. The van der Waals surface area contributed by atoms with Gasteiger partial charge in [-0.25, -0.2) is 4.99 Å². The lowest BCUT2D eigenvalue weighted by atomic mass is 10.1. The third-order valence-electron chi connectivity index (χ3n) is 4.06. The zero-order valence-corrected chi connectivity index (χ0v) is 16.9. The van der Waals surface area contributed by atoms with Crippen molar-refractivity contribution in [2.24, 2.45) is 4.99 Å². The Balaban J connectivity index is 1.87. The van der Waals surface area contributed by atoms with E-state index in [9.17, 15) is 9.59 Å². The molecule has 7 heteroatoms. The van der Waals surface area contributed by atoms with Crippen molar-refractivity contribution in [3.63, 3.8) is 0 Å². The molecule has 1 aliphatic heterocycles. The number of amides is 1. The number of aliphatic imine (C=N–C) groups is 1. The normalized spacial score (nSPS) is 17.6. The molecule has 1 atom stereocenters. The van der Waals surface area contributed by atoms with Crippen LogP contribution in [0.25, 0.3) is 0 Å². The predicted molar refractivity (Wildman–Crippen MR) is 111 cm³/mol. The average molecular weight is 398 g/mol. The number of esters is 1. The summed E-state index contributed by atoms with van der Waals surface area (Å²) in [6.45, 7) is 5.80. The summed E-state index contributed by atoms with van der Waals surface area (Å²) in [6, 6.07) is 14.1. The highest BCUT2D eigenvalue weighted by Crippen LogP contribution is 2.33. The van der Waals surface area contributed by atoms with Crippen molar-refractivity contribution >= 4 is 34.5 Å². The summed E-state index contributed by atoms with van der Waals surface area (Å²) in [5.41, 5.74) is 1.21. The van der Waals surface area contributed by atoms with E-state index in [1.807, 2.05) is 38.1 Å². The molecule has 0 N–H and O–H groups in total. The molecule has 1 amide bonds.